The first-order valence-electron chi connectivity index (χ1n) is 4.88. The van der Waals surface area contributed by atoms with Crippen LogP contribution in [-0.4, -0.2) is 29.4 Å². The first-order chi connectivity index (χ1) is 7.97. The zero-order valence-corrected chi connectivity index (χ0v) is 10.3. The summed E-state index contributed by atoms with van der Waals surface area (Å²) in [7, 11) is -1.51. The average molecular weight is 252 g/mol. The summed E-state index contributed by atoms with van der Waals surface area (Å²) in [4.78, 5) is 0. The molecule has 0 atom stereocenters. The van der Waals surface area contributed by atoms with E-state index in [0.29, 0.717) is 17.1 Å². The normalized spacial score (nSPS) is 11.4. The minimum absolute atomic E-state index is 0.492. The minimum Gasteiger partial charge on any atom is -0.317 e. The van der Waals surface area contributed by atoms with Gasteiger partial charge in [-0.1, -0.05) is 12.1 Å². The summed E-state index contributed by atoms with van der Waals surface area (Å²) in [5.41, 5.74) is 1.18. The molecule has 1 aromatic heterocycles. The SMILES string of the molecule is Cn1cnnc1-c1ccccc1NS(C)(=O)=O. The van der Waals surface area contributed by atoms with Gasteiger partial charge in [-0.3, -0.25) is 4.72 Å². The van der Waals surface area contributed by atoms with Crippen molar-refractivity contribution in [2.45, 2.75) is 0 Å². The molecule has 0 aliphatic heterocycles. The highest BCUT2D eigenvalue weighted by molar-refractivity contribution is 7.92. The number of hydrogen-bond acceptors (Lipinski definition) is 4. The summed E-state index contributed by atoms with van der Waals surface area (Å²) < 4.78 is 26.7. The second-order valence-corrected chi connectivity index (χ2v) is 5.43. The fourth-order valence-corrected chi connectivity index (χ4v) is 2.07. The van der Waals surface area contributed by atoms with Gasteiger partial charge in [0.05, 0.1) is 11.9 Å². The number of nitrogens with one attached hydrogen (secondary N) is 1. The predicted octanol–water partition coefficient (Wildman–Crippen LogP) is 0.854. The van der Waals surface area contributed by atoms with E-state index >= 15 is 0 Å². The van der Waals surface area contributed by atoms with Gasteiger partial charge in [0, 0.05) is 12.6 Å². The van der Waals surface area contributed by atoms with Gasteiger partial charge in [0.2, 0.25) is 10.0 Å². The summed E-state index contributed by atoms with van der Waals surface area (Å²) in [6, 6.07) is 7.05. The van der Waals surface area contributed by atoms with Crippen LogP contribution >= 0.6 is 0 Å². The first-order valence-corrected chi connectivity index (χ1v) is 6.78. The molecule has 2 aromatic rings. The van der Waals surface area contributed by atoms with Crippen LogP contribution in [0.5, 0.6) is 0 Å². The van der Waals surface area contributed by atoms with Crippen LogP contribution in [0.3, 0.4) is 0 Å². The van der Waals surface area contributed by atoms with Crippen molar-refractivity contribution >= 4 is 15.7 Å². The Kier molecular flexibility index (Phi) is 2.84. The Hall–Kier alpha value is -1.89. The average Bonchev–Trinajstić information content (AvgIpc) is 2.63. The molecule has 0 saturated heterocycles. The molecular weight excluding hydrogens is 240 g/mol. The Morgan fingerprint density at radius 1 is 1.29 bits per heavy atom. The van der Waals surface area contributed by atoms with Gasteiger partial charge in [-0.15, -0.1) is 10.2 Å². The Morgan fingerprint density at radius 3 is 2.59 bits per heavy atom. The van der Waals surface area contributed by atoms with Crippen molar-refractivity contribution in [2.24, 2.45) is 7.05 Å². The fourth-order valence-electron chi connectivity index (χ4n) is 1.49. The molecule has 0 amide bonds. The lowest BCUT2D eigenvalue weighted by molar-refractivity contribution is 0.607. The van der Waals surface area contributed by atoms with Crippen molar-refractivity contribution in [2.75, 3.05) is 11.0 Å². The highest BCUT2D eigenvalue weighted by Gasteiger charge is 2.12. The number of sulfonamides is 1. The molecule has 0 fully saturated rings. The second kappa shape index (κ2) is 4.17. The number of aryl methyl sites for hydroxylation is 1. The Labute approximate surface area is 99.4 Å². The molecule has 0 bridgehead atoms. The van der Waals surface area contributed by atoms with E-state index < -0.39 is 10.0 Å². The molecular formula is C10H12N4O2S. The summed E-state index contributed by atoms with van der Waals surface area (Å²) in [6.07, 6.45) is 2.67. The molecule has 1 aromatic carbocycles. The van der Waals surface area contributed by atoms with Gasteiger partial charge < -0.3 is 4.57 Å². The molecule has 6 nitrogen and oxygen atoms in total. The molecule has 0 unspecified atom stereocenters. The van der Waals surface area contributed by atoms with Crippen molar-refractivity contribution < 1.29 is 8.42 Å². The Morgan fingerprint density at radius 2 is 2.00 bits per heavy atom. The molecule has 7 heteroatoms. The van der Waals surface area contributed by atoms with Crippen molar-refractivity contribution in [1.29, 1.82) is 0 Å². The van der Waals surface area contributed by atoms with E-state index in [9.17, 15) is 8.42 Å². The smallest absolute Gasteiger partial charge is 0.229 e. The maximum Gasteiger partial charge on any atom is 0.229 e. The van der Waals surface area contributed by atoms with Gasteiger partial charge in [-0.2, -0.15) is 0 Å². The Bertz CT molecular complexity index is 633. The minimum atomic E-state index is -3.31. The van der Waals surface area contributed by atoms with E-state index in [1.54, 1.807) is 36.1 Å². The topological polar surface area (TPSA) is 76.9 Å². The molecule has 0 aliphatic carbocycles. The molecule has 0 radical (unpaired) electrons. The van der Waals surface area contributed by atoms with Gasteiger partial charge in [-0.25, -0.2) is 8.42 Å². The van der Waals surface area contributed by atoms with Crippen LogP contribution in [0.2, 0.25) is 0 Å². The van der Waals surface area contributed by atoms with Crippen molar-refractivity contribution in [1.82, 2.24) is 14.8 Å². The van der Waals surface area contributed by atoms with Crippen LogP contribution in [0.15, 0.2) is 30.6 Å². The first kappa shape index (κ1) is 11.6. The third-order valence-corrected chi connectivity index (χ3v) is 2.77. The van der Waals surface area contributed by atoms with E-state index in [-0.39, 0.29) is 0 Å². The van der Waals surface area contributed by atoms with E-state index in [1.807, 2.05) is 6.07 Å². The fraction of sp³-hybridized carbons (Fsp3) is 0.200. The third-order valence-electron chi connectivity index (χ3n) is 2.17. The predicted molar refractivity (Wildman–Crippen MR) is 64.9 cm³/mol. The molecule has 90 valence electrons. The van der Waals surface area contributed by atoms with Crippen molar-refractivity contribution in [3.8, 4) is 11.4 Å². The van der Waals surface area contributed by atoms with Crippen LogP contribution in [0, 0.1) is 0 Å². The lowest BCUT2D eigenvalue weighted by atomic mass is 10.2. The Balaban J connectivity index is 2.52. The maximum absolute atomic E-state index is 11.3. The largest absolute Gasteiger partial charge is 0.317 e. The number of anilines is 1. The summed E-state index contributed by atoms with van der Waals surface area (Å²) in [6.45, 7) is 0. The second-order valence-electron chi connectivity index (χ2n) is 3.69. The number of nitrogens with zero attached hydrogens (tertiary/aromatic N) is 3. The standard InChI is InChI=1S/C10H12N4O2S/c1-14-7-11-12-10(14)8-5-3-4-6-9(8)13-17(2,15)16/h3-7,13H,1-2H3. The number of benzene rings is 1. The zero-order chi connectivity index (χ0) is 12.5. The molecule has 1 heterocycles. The quantitative estimate of drug-likeness (QED) is 0.878. The van der Waals surface area contributed by atoms with E-state index in [0.717, 1.165) is 6.26 Å². The number of para-hydroxylation sites is 1. The molecule has 17 heavy (non-hydrogen) atoms. The van der Waals surface area contributed by atoms with Gasteiger partial charge in [0.1, 0.15) is 6.33 Å². The maximum atomic E-state index is 11.3. The summed E-state index contributed by atoms with van der Waals surface area (Å²) in [5.74, 6) is 0.608. The van der Waals surface area contributed by atoms with E-state index in [1.165, 1.54) is 0 Å². The van der Waals surface area contributed by atoms with Crippen LogP contribution in [0.4, 0.5) is 5.69 Å². The lowest BCUT2D eigenvalue weighted by Gasteiger charge is -2.09. The highest BCUT2D eigenvalue weighted by Crippen LogP contribution is 2.25. The van der Waals surface area contributed by atoms with Crippen LogP contribution < -0.4 is 4.72 Å². The molecule has 0 saturated carbocycles. The van der Waals surface area contributed by atoms with E-state index in [4.69, 9.17) is 0 Å². The molecule has 2 rings (SSSR count). The molecule has 0 spiro atoms. The highest BCUT2D eigenvalue weighted by atomic mass is 32.2. The summed E-state index contributed by atoms with van der Waals surface area (Å²) in [5, 5.41) is 7.73. The number of hydrogen-bond donors (Lipinski definition) is 1. The van der Waals surface area contributed by atoms with Gasteiger partial charge in [-0.05, 0) is 12.1 Å². The van der Waals surface area contributed by atoms with Crippen LogP contribution in [0.25, 0.3) is 11.4 Å². The monoisotopic (exact) mass is 252 g/mol. The lowest BCUT2D eigenvalue weighted by Crippen LogP contribution is -2.10. The van der Waals surface area contributed by atoms with E-state index in [2.05, 4.69) is 14.9 Å². The molecule has 0 aliphatic rings. The third kappa shape index (κ3) is 2.62. The van der Waals surface area contributed by atoms with Crippen molar-refractivity contribution in [3.63, 3.8) is 0 Å². The van der Waals surface area contributed by atoms with Gasteiger partial charge >= 0.3 is 0 Å². The van der Waals surface area contributed by atoms with Crippen LogP contribution in [0.1, 0.15) is 0 Å². The summed E-state index contributed by atoms with van der Waals surface area (Å²) >= 11 is 0. The number of rotatable bonds is 3. The van der Waals surface area contributed by atoms with Crippen LogP contribution in [-0.2, 0) is 17.1 Å². The van der Waals surface area contributed by atoms with Gasteiger partial charge in [0.15, 0.2) is 5.82 Å². The zero-order valence-electron chi connectivity index (χ0n) is 9.45. The number of aromatic nitrogens is 3. The van der Waals surface area contributed by atoms with Gasteiger partial charge in [0.25, 0.3) is 0 Å². The molecule has 1 N–H and O–H groups in total. The van der Waals surface area contributed by atoms with Crippen molar-refractivity contribution in [3.05, 3.63) is 30.6 Å².